The van der Waals surface area contributed by atoms with Crippen LogP contribution in [0.1, 0.15) is 33.6 Å². The zero-order valence-corrected chi connectivity index (χ0v) is 19.6. The minimum Gasteiger partial charge on any atom is -0.480 e. The SMILES string of the molecule is NC(CCC(=O)NC(CS)C(=O)N(C(=O)c1cccnc1)C(C(=O)O)C(=O)c1cccnc1)C(=O)O. The number of carbonyl (C=O) groups is 6. The number of carbonyl (C=O) groups excluding carboxylic acids is 4. The average Bonchev–Trinajstić information content (AvgIpc) is 2.88. The van der Waals surface area contributed by atoms with Crippen LogP contribution >= 0.6 is 12.6 Å². The Hall–Kier alpha value is -4.17. The van der Waals surface area contributed by atoms with Crippen molar-refractivity contribution in [3.63, 3.8) is 0 Å². The largest absolute Gasteiger partial charge is 0.480 e. The Kier molecular flexibility index (Phi) is 10.2. The molecule has 13 nitrogen and oxygen atoms in total. The van der Waals surface area contributed by atoms with Crippen LogP contribution < -0.4 is 11.1 Å². The number of aromatic nitrogens is 2. The molecule has 2 heterocycles. The predicted octanol–water partition coefficient (Wildman–Crippen LogP) is -0.612. The number of amides is 3. The lowest BCUT2D eigenvalue weighted by molar-refractivity contribution is -0.146. The number of ketones is 1. The highest BCUT2D eigenvalue weighted by molar-refractivity contribution is 7.80. The summed E-state index contributed by atoms with van der Waals surface area (Å²) in [6, 6.07) is 0.132. The summed E-state index contributed by atoms with van der Waals surface area (Å²) in [6.45, 7) is 0. The lowest BCUT2D eigenvalue weighted by Crippen LogP contribution is -2.59. The number of hydrogen-bond donors (Lipinski definition) is 5. The smallest absolute Gasteiger partial charge is 0.335 e. The van der Waals surface area contributed by atoms with Crippen LogP contribution in [0.4, 0.5) is 0 Å². The fraction of sp³-hybridized carbons (Fsp3) is 0.273. The molecule has 2 aromatic rings. The van der Waals surface area contributed by atoms with E-state index in [1.807, 2.05) is 0 Å². The second kappa shape index (κ2) is 13.1. The zero-order chi connectivity index (χ0) is 26.8. The summed E-state index contributed by atoms with van der Waals surface area (Å²) < 4.78 is 0. The summed E-state index contributed by atoms with van der Waals surface area (Å²) in [5.74, 6) is -7.76. The Morgan fingerprint density at radius 3 is 2.03 bits per heavy atom. The first kappa shape index (κ1) is 28.1. The number of thiol groups is 1. The molecule has 0 saturated carbocycles. The predicted molar refractivity (Wildman–Crippen MR) is 126 cm³/mol. The van der Waals surface area contributed by atoms with E-state index in [-0.39, 0.29) is 34.6 Å². The van der Waals surface area contributed by atoms with E-state index in [1.54, 1.807) is 0 Å². The van der Waals surface area contributed by atoms with E-state index in [2.05, 4.69) is 27.9 Å². The molecular weight excluding hydrogens is 494 g/mol. The molecule has 2 rings (SSSR count). The molecule has 3 atom stereocenters. The minimum absolute atomic E-state index is 0.171. The maximum atomic E-state index is 13.4. The van der Waals surface area contributed by atoms with Gasteiger partial charge in [0.2, 0.25) is 5.91 Å². The molecule has 0 spiro atoms. The lowest BCUT2D eigenvalue weighted by Gasteiger charge is -2.29. The zero-order valence-electron chi connectivity index (χ0n) is 18.7. The molecule has 0 aromatic carbocycles. The standard InChI is InChI=1S/C22H23N5O8S/c23-14(21(32)33)5-6-16(28)26-15(11-36)20(31)27(19(30)13-4-2-8-25-10-13)17(22(34)35)18(29)12-3-1-7-24-9-12/h1-4,7-10,14-15,17,36H,5-6,11,23H2,(H,26,28)(H,32,33)(H,34,35). The molecule has 0 aliphatic rings. The maximum Gasteiger partial charge on any atom is 0.335 e. The first-order chi connectivity index (χ1) is 17.1. The van der Waals surface area contributed by atoms with Crippen LogP contribution in [-0.4, -0.2) is 84.4 Å². The molecule has 5 N–H and O–H groups in total. The van der Waals surface area contributed by atoms with Crippen LogP contribution in [0.3, 0.4) is 0 Å². The molecule has 0 bridgehead atoms. The third-order valence-electron chi connectivity index (χ3n) is 4.87. The summed E-state index contributed by atoms with van der Waals surface area (Å²) >= 11 is 4.02. The van der Waals surface area contributed by atoms with Gasteiger partial charge in [-0.25, -0.2) is 4.79 Å². The van der Waals surface area contributed by atoms with E-state index in [9.17, 15) is 33.9 Å². The van der Waals surface area contributed by atoms with Gasteiger partial charge < -0.3 is 21.3 Å². The molecule has 0 fully saturated rings. The third kappa shape index (κ3) is 7.16. The van der Waals surface area contributed by atoms with E-state index >= 15 is 0 Å². The van der Waals surface area contributed by atoms with Crippen molar-refractivity contribution in [2.45, 2.75) is 31.0 Å². The van der Waals surface area contributed by atoms with Gasteiger partial charge >= 0.3 is 11.9 Å². The van der Waals surface area contributed by atoms with Gasteiger partial charge in [0, 0.05) is 42.5 Å². The second-order valence-electron chi connectivity index (χ2n) is 7.39. The van der Waals surface area contributed by atoms with Crippen LogP contribution in [0.15, 0.2) is 49.1 Å². The monoisotopic (exact) mass is 517 g/mol. The summed E-state index contributed by atoms with van der Waals surface area (Å²) in [6.07, 6.45) is 4.23. The summed E-state index contributed by atoms with van der Waals surface area (Å²) in [7, 11) is 0. The van der Waals surface area contributed by atoms with Crippen molar-refractivity contribution < 1.29 is 39.0 Å². The summed E-state index contributed by atoms with van der Waals surface area (Å²) in [5, 5.41) is 21.0. The fourth-order valence-corrected chi connectivity index (χ4v) is 3.26. The molecule has 0 radical (unpaired) electrons. The number of carboxylic acid groups (broad SMARTS) is 2. The molecule has 0 aliphatic heterocycles. The van der Waals surface area contributed by atoms with Gasteiger partial charge in [-0.05, 0) is 30.7 Å². The van der Waals surface area contributed by atoms with Crippen molar-refractivity contribution in [1.29, 1.82) is 0 Å². The Balaban J connectivity index is 2.43. The highest BCUT2D eigenvalue weighted by Gasteiger charge is 2.43. The molecule has 3 unspecified atom stereocenters. The van der Waals surface area contributed by atoms with Gasteiger partial charge in [-0.2, -0.15) is 12.6 Å². The fourth-order valence-electron chi connectivity index (χ4n) is 3.01. The number of hydrogen-bond acceptors (Lipinski definition) is 10. The van der Waals surface area contributed by atoms with E-state index in [1.165, 1.54) is 36.7 Å². The average molecular weight is 518 g/mol. The number of aliphatic carboxylic acids is 2. The van der Waals surface area contributed by atoms with Gasteiger partial charge in [0.1, 0.15) is 12.1 Å². The number of imide groups is 1. The van der Waals surface area contributed by atoms with Crippen molar-refractivity contribution >= 4 is 48.1 Å². The molecular formula is C22H23N5O8S. The first-order valence-electron chi connectivity index (χ1n) is 10.4. The first-order valence-corrected chi connectivity index (χ1v) is 11.0. The van der Waals surface area contributed by atoms with Crippen LogP contribution in [0, 0.1) is 0 Å². The summed E-state index contributed by atoms with van der Waals surface area (Å²) in [5.41, 5.74) is 5.02. The second-order valence-corrected chi connectivity index (χ2v) is 7.75. The van der Waals surface area contributed by atoms with Crippen molar-refractivity contribution in [3.8, 4) is 0 Å². The minimum atomic E-state index is -2.30. The Labute approximate surface area is 210 Å². The number of nitrogens with two attached hydrogens (primary N) is 1. The van der Waals surface area contributed by atoms with E-state index in [0.717, 1.165) is 12.4 Å². The Bertz CT molecular complexity index is 1130. The van der Waals surface area contributed by atoms with Gasteiger partial charge in [-0.1, -0.05) is 0 Å². The van der Waals surface area contributed by atoms with Gasteiger partial charge in [-0.15, -0.1) is 0 Å². The topological polar surface area (TPSA) is 210 Å². The van der Waals surface area contributed by atoms with Gasteiger partial charge in [0.15, 0.2) is 11.8 Å². The summed E-state index contributed by atoms with van der Waals surface area (Å²) in [4.78, 5) is 82.9. The molecule has 14 heteroatoms. The van der Waals surface area contributed by atoms with E-state index in [4.69, 9.17) is 10.8 Å². The van der Waals surface area contributed by atoms with Crippen LogP contribution in [0.5, 0.6) is 0 Å². The normalized spacial score (nSPS) is 13.1. The maximum absolute atomic E-state index is 13.4. The van der Waals surface area contributed by atoms with Gasteiger partial charge in [-0.3, -0.25) is 38.8 Å². The quantitative estimate of drug-likeness (QED) is 0.136. The van der Waals surface area contributed by atoms with Crippen molar-refractivity contribution in [2.24, 2.45) is 5.73 Å². The Morgan fingerprint density at radius 1 is 0.972 bits per heavy atom. The third-order valence-corrected chi connectivity index (χ3v) is 5.23. The van der Waals surface area contributed by atoms with Crippen LogP contribution in [0.2, 0.25) is 0 Å². The number of pyridine rings is 2. The number of nitrogens with zero attached hydrogens (tertiary/aromatic N) is 3. The molecule has 36 heavy (non-hydrogen) atoms. The highest BCUT2D eigenvalue weighted by Crippen LogP contribution is 2.16. The van der Waals surface area contributed by atoms with E-state index < -0.39 is 53.6 Å². The number of rotatable bonds is 12. The van der Waals surface area contributed by atoms with Crippen molar-refractivity contribution in [1.82, 2.24) is 20.2 Å². The van der Waals surface area contributed by atoms with Crippen molar-refractivity contribution in [3.05, 3.63) is 60.2 Å². The van der Waals surface area contributed by atoms with Crippen LogP contribution in [0.25, 0.3) is 0 Å². The number of nitrogens with one attached hydrogen (secondary N) is 1. The molecule has 3 amide bonds. The lowest BCUT2D eigenvalue weighted by atomic mass is 10.0. The highest BCUT2D eigenvalue weighted by atomic mass is 32.1. The Morgan fingerprint density at radius 2 is 1.56 bits per heavy atom. The van der Waals surface area contributed by atoms with Gasteiger partial charge in [0.25, 0.3) is 11.8 Å². The molecule has 190 valence electrons. The van der Waals surface area contributed by atoms with Gasteiger partial charge in [0.05, 0.1) is 5.56 Å². The van der Waals surface area contributed by atoms with Crippen LogP contribution in [-0.2, 0) is 19.2 Å². The molecule has 2 aromatic heterocycles. The van der Waals surface area contributed by atoms with E-state index in [0.29, 0.717) is 0 Å². The number of carboxylic acids is 2. The molecule has 0 aliphatic carbocycles. The number of Topliss-reactive ketones (excluding diaryl/α,β-unsaturated/α-hetero) is 1. The molecule has 0 saturated heterocycles. The van der Waals surface area contributed by atoms with Crippen molar-refractivity contribution in [2.75, 3.05) is 5.75 Å².